The fourth-order valence-electron chi connectivity index (χ4n) is 3.12. The molecule has 0 saturated heterocycles. The summed E-state index contributed by atoms with van der Waals surface area (Å²) in [6, 6.07) is 8.83. The van der Waals surface area contributed by atoms with E-state index in [4.69, 9.17) is 4.74 Å². The number of ether oxygens (including phenoxy) is 1. The normalized spacial score (nSPS) is 23.9. The van der Waals surface area contributed by atoms with Gasteiger partial charge < -0.3 is 4.74 Å². The van der Waals surface area contributed by atoms with Crippen LogP contribution in [0.5, 0.6) is 5.75 Å². The van der Waals surface area contributed by atoms with E-state index in [-0.39, 0.29) is 0 Å². The summed E-state index contributed by atoms with van der Waals surface area (Å²) in [5.41, 5.74) is 1.49. The molecule has 1 nitrogen and oxygen atoms in total. The van der Waals surface area contributed by atoms with Crippen LogP contribution in [-0.2, 0) is 0 Å². The van der Waals surface area contributed by atoms with Crippen molar-refractivity contribution in [1.29, 1.82) is 0 Å². The first-order valence-corrected chi connectivity index (χ1v) is 8.95. The molecule has 1 aromatic carbocycles. The second-order valence-corrected chi connectivity index (χ2v) is 7.44. The van der Waals surface area contributed by atoms with Crippen molar-refractivity contribution in [2.75, 3.05) is 6.61 Å². The van der Waals surface area contributed by atoms with E-state index in [1.165, 1.54) is 31.2 Å². The monoisotopic (exact) mass is 300 g/mol. The zero-order valence-electron chi connectivity index (χ0n) is 14.7. The third kappa shape index (κ3) is 5.51. The van der Waals surface area contributed by atoms with Gasteiger partial charge in [-0.2, -0.15) is 0 Å². The maximum atomic E-state index is 5.91. The van der Waals surface area contributed by atoms with Gasteiger partial charge >= 0.3 is 0 Å². The van der Waals surface area contributed by atoms with E-state index in [1.807, 2.05) is 0 Å². The lowest BCUT2D eigenvalue weighted by atomic mass is 9.79. The minimum atomic E-state index is 0.460. The Hall–Kier alpha value is -1.24. The van der Waals surface area contributed by atoms with Crippen molar-refractivity contribution in [3.05, 3.63) is 42.0 Å². The molecule has 0 heterocycles. The van der Waals surface area contributed by atoms with Crippen LogP contribution in [0, 0.1) is 17.8 Å². The second kappa shape index (κ2) is 8.41. The van der Waals surface area contributed by atoms with Crippen molar-refractivity contribution in [2.24, 2.45) is 17.8 Å². The number of hydrogen-bond donors (Lipinski definition) is 0. The topological polar surface area (TPSA) is 9.23 Å². The molecule has 22 heavy (non-hydrogen) atoms. The van der Waals surface area contributed by atoms with Crippen molar-refractivity contribution < 1.29 is 4.74 Å². The first-order valence-electron chi connectivity index (χ1n) is 8.95. The van der Waals surface area contributed by atoms with Gasteiger partial charge in [0.2, 0.25) is 0 Å². The van der Waals surface area contributed by atoms with Crippen LogP contribution in [0.4, 0.5) is 0 Å². The molecule has 1 aromatic rings. The average Bonchev–Trinajstić information content (AvgIpc) is 2.52. The van der Waals surface area contributed by atoms with E-state index >= 15 is 0 Å². The molecular formula is C21H32O. The maximum absolute atomic E-state index is 5.91. The first kappa shape index (κ1) is 17.1. The molecule has 0 amide bonds. The third-order valence-corrected chi connectivity index (χ3v) is 4.70. The molecule has 2 rings (SSSR count). The summed E-state index contributed by atoms with van der Waals surface area (Å²) < 4.78 is 5.91. The lowest BCUT2D eigenvalue weighted by Crippen LogP contribution is -2.11. The minimum Gasteiger partial charge on any atom is -0.493 e. The third-order valence-electron chi connectivity index (χ3n) is 4.70. The lowest BCUT2D eigenvalue weighted by Gasteiger charge is -2.26. The first-order chi connectivity index (χ1) is 10.5. The van der Waals surface area contributed by atoms with Crippen molar-refractivity contribution >= 4 is 0 Å². The molecule has 122 valence electrons. The fourth-order valence-corrected chi connectivity index (χ4v) is 3.12. The summed E-state index contributed by atoms with van der Waals surface area (Å²) in [5, 5.41) is 0. The van der Waals surface area contributed by atoms with Gasteiger partial charge in [-0.1, -0.05) is 64.8 Å². The predicted octanol–water partition coefficient (Wildman–Crippen LogP) is 6.21. The Morgan fingerprint density at radius 2 is 1.64 bits per heavy atom. The Morgan fingerprint density at radius 3 is 2.23 bits per heavy atom. The molecule has 0 radical (unpaired) electrons. The molecule has 1 aliphatic carbocycles. The van der Waals surface area contributed by atoms with Gasteiger partial charge in [-0.3, -0.25) is 0 Å². The quantitative estimate of drug-likeness (QED) is 0.568. The molecule has 1 aliphatic rings. The molecule has 1 atom stereocenters. The number of hydrogen-bond acceptors (Lipinski definition) is 1. The maximum Gasteiger partial charge on any atom is 0.119 e. The second-order valence-electron chi connectivity index (χ2n) is 7.44. The van der Waals surface area contributed by atoms with Crippen molar-refractivity contribution in [3.63, 3.8) is 0 Å². The van der Waals surface area contributed by atoms with Crippen LogP contribution in [0.2, 0.25) is 0 Å². The summed E-state index contributed by atoms with van der Waals surface area (Å²) in [6.45, 7) is 9.74. The van der Waals surface area contributed by atoms with Crippen LogP contribution in [0.3, 0.4) is 0 Å². The minimum absolute atomic E-state index is 0.460. The van der Waals surface area contributed by atoms with E-state index in [0.29, 0.717) is 11.8 Å². The van der Waals surface area contributed by atoms with Crippen molar-refractivity contribution in [3.8, 4) is 5.75 Å². The molecule has 1 heteroatoms. The fraction of sp³-hybridized carbons (Fsp3) is 0.619. The smallest absolute Gasteiger partial charge is 0.119 e. The molecule has 0 spiro atoms. The van der Waals surface area contributed by atoms with Crippen LogP contribution >= 0.6 is 0 Å². The Labute approximate surface area is 136 Å². The SMILES string of the molecule is CC(C)/C=C\C(C)COc1ccc(C2CCC(C)CC2)cc1. The number of allylic oxidation sites excluding steroid dienone is 1. The van der Waals surface area contributed by atoms with Gasteiger partial charge in [-0.25, -0.2) is 0 Å². The highest BCUT2D eigenvalue weighted by molar-refractivity contribution is 5.29. The van der Waals surface area contributed by atoms with Gasteiger partial charge in [0.25, 0.3) is 0 Å². The van der Waals surface area contributed by atoms with Crippen LogP contribution < -0.4 is 4.74 Å². The highest BCUT2D eigenvalue weighted by atomic mass is 16.5. The molecule has 0 N–H and O–H groups in total. The average molecular weight is 300 g/mol. The van der Waals surface area contributed by atoms with Gasteiger partial charge in [0.1, 0.15) is 5.75 Å². The number of rotatable bonds is 6. The lowest BCUT2D eigenvalue weighted by molar-refractivity contribution is 0.284. The van der Waals surface area contributed by atoms with E-state index in [0.717, 1.165) is 24.2 Å². The van der Waals surface area contributed by atoms with Gasteiger partial charge in [-0.05, 0) is 48.3 Å². The van der Waals surface area contributed by atoms with Crippen LogP contribution in [0.1, 0.15) is 64.9 Å². The zero-order valence-corrected chi connectivity index (χ0v) is 14.7. The highest BCUT2D eigenvalue weighted by Crippen LogP contribution is 2.35. The molecule has 0 aromatic heterocycles. The zero-order chi connectivity index (χ0) is 15.9. The highest BCUT2D eigenvalue weighted by Gasteiger charge is 2.19. The molecule has 0 aliphatic heterocycles. The largest absolute Gasteiger partial charge is 0.493 e. The standard InChI is InChI=1S/C21H32O/c1-16(2)5-6-18(4)15-22-21-13-11-20(12-14-21)19-9-7-17(3)8-10-19/h5-6,11-14,16-19H,7-10,15H2,1-4H3/b6-5-. The van der Waals surface area contributed by atoms with E-state index in [9.17, 15) is 0 Å². The molecule has 1 saturated carbocycles. The van der Waals surface area contributed by atoms with Gasteiger partial charge in [0, 0.05) is 5.92 Å². The summed E-state index contributed by atoms with van der Waals surface area (Å²) in [5.74, 6) is 3.75. The Bertz CT molecular complexity index is 449. The van der Waals surface area contributed by atoms with E-state index in [1.54, 1.807) is 0 Å². The van der Waals surface area contributed by atoms with E-state index in [2.05, 4.69) is 64.1 Å². The van der Waals surface area contributed by atoms with Crippen LogP contribution in [0.25, 0.3) is 0 Å². The number of benzene rings is 1. The van der Waals surface area contributed by atoms with Crippen molar-refractivity contribution in [2.45, 2.75) is 59.3 Å². The predicted molar refractivity (Wildman–Crippen MR) is 95.5 cm³/mol. The Morgan fingerprint density at radius 1 is 1.00 bits per heavy atom. The summed E-state index contributed by atoms with van der Waals surface area (Å²) in [6.07, 6.45) is 9.95. The molecule has 1 fully saturated rings. The van der Waals surface area contributed by atoms with Crippen LogP contribution in [0.15, 0.2) is 36.4 Å². The molecule has 0 bridgehead atoms. The summed E-state index contributed by atoms with van der Waals surface area (Å²) in [7, 11) is 0. The van der Waals surface area contributed by atoms with Gasteiger partial charge in [0.05, 0.1) is 6.61 Å². The summed E-state index contributed by atoms with van der Waals surface area (Å²) >= 11 is 0. The Kier molecular flexibility index (Phi) is 6.54. The summed E-state index contributed by atoms with van der Waals surface area (Å²) in [4.78, 5) is 0. The molecule has 1 unspecified atom stereocenters. The van der Waals surface area contributed by atoms with Crippen molar-refractivity contribution in [1.82, 2.24) is 0 Å². The van der Waals surface area contributed by atoms with E-state index < -0.39 is 0 Å². The van der Waals surface area contributed by atoms with Gasteiger partial charge in [0.15, 0.2) is 0 Å². The van der Waals surface area contributed by atoms with Gasteiger partial charge in [-0.15, -0.1) is 0 Å². The van der Waals surface area contributed by atoms with Crippen LogP contribution in [-0.4, -0.2) is 6.61 Å². The Balaban J connectivity index is 1.82. The molecular weight excluding hydrogens is 268 g/mol.